The molecule has 12 heteroatoms. The lowest BCUT2D eigenvalue weighted by molar-refractivity contribution is -0.137. The molecule has 0 atom stereocenters. The lowest BCUT2D eigenvalue weighted by atomic mass is 10.0. The summed E-state index contributed by atoms with van der Waals surface area (Å²) in [5.41, 5.74) is -0.119. The molecule has 0 amide bonds. The molecule has 0 spiro atoms. The second kappa shape index (κ2) is 9.84. The van der Waals surface area contributed by atoms with Gasteiger partial charge >= 0.3 is 6.18 Å². The van der Waals surface area contributed by atoms with Crippen LogP contribution in [0.3, 0.4) is 0 Å². The smallest absolute Gasteiger partial charge is 0.418 e. The highest BCUT2D eigenvalue weighted by atomic mass is 19.4. The zero-order valence-corrected chi connectivity index (χ0v) is 20.8. The van der Waals surface area contributed by atoms with Crippen molar-refractivity contribution in [3.05, 3.63) is 57.9 Å². The molecule has 3 aromatic rings. The van der Waals surface area contributed by atoms with E-state index in [1.165, 1.54) is 26.4 Å². The summed E-state index contributed by atoms with van der Waals surface area (Å²) < 4.78 is 54.1. The normalized spacial score (nSPS) is 15.4. The van der Waals surface area contributed by atoms with Gasteiger partial charge in [0, 0.05) is 49.1 Å². The zero-order valence-electron chi connectivity index (χ0n) is 20.8. The molecule has 2 N–H and O–H groups in total. The Labute approximate surface area is 216 Å². The van der Waals surface area contributed by atoms with Gasteiger partial charge in [-0.1, -0.05) is 0 Å². The molecule has 1 fully saturated rings. The number of halogens is 3. The molecule has 38 heavy (non-hydrogen) atoms. The zero-order chi connectivity index (χ0) is 27.2. The number of aromatic nitrogens is 2. The summed E-state index contributed by atoms with van der Waals surface area (Å²) in [5, 5.41) is 23.8. The number of alkyl halides is 3. The molecular formula is C26H27F3N4O5. The number of anilines is 2. The number of aliphatic hydroxyl groups is 2. The fraction of sp³-hybridized carbons (Fsp3) is 0.385. The van der Waals surface area contributed by atoms with E-state index < -0.39 is 29.1 Å². The van der Waals surface area contributed by atoms with Gasteiger partial charge in [-0.2, -0.15) is 23.0 Å². The highest BCUT2D eigenvalue weighted by Crippen LogP contribution is 2.39. The van der Waals surface area contributed by atoms with Gasteiger partial charge in [0.2, 0.25) is 0 Å². The number of aliphatic hydroxyl groups excluding tert-OH is 2. The summed E-state index contributed by atoms with van der Waals surface area (Å²) in [6.07, 6.45) is -4.90. The maximum Gasteiger partial charge on any atom is 0.418 e. The van der Waals surface area contributed by atoms with Gasteiger partial charge in [-0.05, 0) is 36.8 Å². The van der Waals surface area contributed by atoms with Gasteiger partial charge < -0.3 is 29.5 Å². The Balaban J connectivity index is 1.79. The van der Waals surface area contributed by atoms with E-state index in [1.807, 2.05) is 0 Å². The number of nitrogens with zero attached hydrogens (tertiary/aromatic N) is 4. The third kappa shape index (κ3) is 4.54. The van der Waals surface area contributed by atoms with Crippen LogP contribution >= 0.6 is 0 Å². The average molecular weight is 533 g/mol. The largest absolute Gasteiger partial charge is 0.497 e. The number of rotatable bonds is 7. The molecule has 9 nitrogen and oxygen atoms in total. The quantitative estimate of drug-likeness (QED) is 0.479. The van der Waals surface area contributed by atoms with Crippen molar-refractivity contribution >= 4 is 11.4 Å². The topological polar surface area (TPSA) is 100 Å². The average Bonchev–Trinajstić information content (AvgIpc) is 3.30. The van der Waals surface area contributed by atoms with Crippen molar-refractivity contribution in [2.24, 2.45) is 0 Å². The molecule has 3 heterocycles. The Bertz CT molecular complexity index is 1400. The first kappa shape index (κ1) is 25.9. The van der Waals surface area contributed by atoms with E-state index in [2.05, 4.69) is 5.10 Å². The van der Waals surface area contributed by atoms with Crippen molar-refractivity contribution in [2.45, 2.75) is 18.7 Å². The van der Waals surface area contributed by atoms with E-state index in [-0.39, 0.29) is 31.9 Å². The molecule has 2 aliphatic rings. The van der Waals surface area contributed by atoms with Crippen molar-refractivity contribution in [3.63, 3.8) is 0 Å². The molecule has 5 rings (SSSR count). The van der Waals surface area contributed by atoms with Gasteiger partial charge in [-0.25, -0.2) is 0 Å². The predicted molar refractivity (Wildman–Crippen MR) is 135 cm³/mol. The molecule has 2 aliphatic heterocycles. The van der Waals surface area contributed by atoms with Gasteiger partial charge in [-0.15, -0.1) is 0 Å². The van der Waals surface area contributed by atoms with Crippen LogP contribution in [0.25, 0.3) is 16.9 Å². The van der Waals surface area contributed by atoms with Crippen LogP contribution in [0.2, 0.25) is 0 Å². The predicted octanol–water partition coefficient (Wildman–Crippen LogP) is 2.47. The summed E-state index contributed by atoms with van der Waals surface area (Å²) in [5.74, 6) is 0.902. The minimum Gasteiger partial charge on any atom is -0.497 e. The standard InChI is InChI=1S/C26H27F3N4O5/c1-37-18-9-15(10-19(12-18)38-2)23-20-5-6-31(7-8-34)24(20)25(36)33(30-23)22-11-16(32-13-17(35)14-32)3-4-21(22)26(27,28)29/h3-4,9-12,17,34-35H,5-8,13-14H2,1-2H3. The Kier molecular flexibility index (Phi) is 6.70. The lowest BCUT2D eigenvalue weighted by Crippen LogP contribution is -2.50. The maximum atomic E-state index is 14.2. The summed E-state index contributed by atoms with van der Waals surface area (Å²) >= 11 is 0. The molecule has 0 unspecified atom stereocenters. The minimum absolute atomic E-state index is 0.144. The second-order valence-electron chi connectivity index (χ2n) is 9.21. The van der Waals surface area contributed by atoms with Crippen LogP contribution in [0.4, 0.5) is 24.5 Å². The van der Waals surface area contributed by atoms with Crippen LogP contribution in [0, 0.1) is 0 Å². The van der Waals surface area contributed by atoms with E-state index >= 15 is 0 Å². The monoisotopic (exact) mass is 532 g/mol. The number of methoxy groups -OCH3 is 2. The maximum absolute atomic E-state index is 14.2. The number of β-amino-alcohol motifs (C(OH)–C–C–N with tert-alkyl or cyclic N) is 2. The molecule has 1 aromatic heterocycles. The van der Waals surface area contributed by atoms with Crippen molar-refractivity contribution in [3.8, 4) is 28.4 Å². The SMILES string of the molecule is COc1cc(OC)cc(-c2nn(-c3cc(N4CC(O)C4)ccc3C(F)(F)F)c(=O)c3c2CCN3CCO)c1. The Hall–Kier alpha value is -3.77. The fourth-order valence-electron chi connectivity index (χ4n) is 4.95. The number of ether oxygens (including phenoxy) is 2. The van der Waals surface area contributed by atoms with Gasteiger partial charge in [0.05, 0.1) is 43.9 Å². The molecule has 2 aromatic carbocycles. The molecule has 0 saturated carbocycles. The van der Waals surface area contributed by atoms with Gasteiger partial charge in [0.15, 0.2) is 0 Å². The number of hydrogen-bond acceptors (Lipinski definition) is 8. The van der Waals surface area contributed by atoms with E-state index in [4.69, 9.17) is 9.47 Å². The van der Waals surface area contributed by atoms with Crippen LogP contribution in [0.5, 0.6) is 11.5 Å². The third-order valence-corrected chi connectivity index (χ3v) is 6.85. The van der Waals surface area contributed by atoms with Crippen molar-refractivity contribution in [1.82, 2.24) is 9.78 Å². The van der Waals surface area contributed by atoms with Crippen LogP contribution in [0.1, 0.15) is 11.1 Å². The molecule has 0 aliphatic carbocycles. The molecular weight excluding hydrogens is 505 g/mol. The van der Waals surface area contributed by atoms with Crippen LogP contribution in [-0.4, -0.2) is 73.1 Å². The third-order valence-electron chi connectivity index (χ3n) is 6.85. The second-order valence-corrected chi connectivity index (χ2v) is 9.21. The van der Waals surface area contributed by atoms with Crippen LogP contribution in [-0.2, 0) is 12.6 Å². The molecule has 0 bridgehead atoms. The molecule has 202 valence electrons. The number of fused-ring (bicyclic) bond motifs is 1. The van der Waals surface area contributed by atoms with E-state index in [9.17, 15) is 28.2 Å². The first-order chi connectivity index (χ1) is 18.1. The summed E-state index contributed by atoms with van der Waals surface area (Å²) in [6.45, 7) is 0.866. The molecule has 0 radical (unpaired) electrons. The lowest BCUT2D eigenvalue weighted by Gasteiger charge is -2.38. The Morgan fingerprint density at radius 2 is 1.76 bits per heavy atom. The number of benzene rings is 2. The number of hydrogen-bond donors (Lipinski definition) is 2. The molecule has 1 saturated heterocycles. The summed E-state index contributed by atoms with van der Waals surface area (Å²) in [7, 11) is 2.96. The van der Waals surface area contributed by atoms with Crippen molar-refractivity contribution in [1.29, 1.82) is 0 Å². The summed E-state index contributed by atoms with van der Waals surface area (Å²) in [6, 6.07) is 8.54. The fourth-order valence-corrected chi connectivity index (χ4v) is 4.95. The van der Waals surface area contributed by atoms with Crippen LogP contribution < -0.4 is 24.8 Å². The highest BCUT2D eigenvalue weighted by Gasteiger charge is 2.37. The van der Waals surface area contributed by atoms with Gasteiger partial charge in [0.25, 0.3) is 5.56 Å². The van der Waals surface area contributed by atoms with Crippen LogP contribution in [0.15, 0.2) is 41.2 Å². The first-order valence-corrected chi connectivity index (χ1v) is 12.0. The summed E-state index contributed by atoms with van der Waals surface area (Å²) in [4.78, 5) is 17.2. The van der Waals surface area contributed by atoms with E-state index in [1.54, 1.807) is 28.0 Å². The van der Waals surface area contributed by atoms with Gasteiger partial charge in [-0.3, -0.25) is 4.79 Å². The van der Waals surface area contributed by atoms with Crippen molar-refractivity contribution in [2.75, 3.05) is 56.8 Å². The van der Waals surface area contributed by atoms with Crippen molar-refractivity contribution < 1.29 is 32.9 Å². The minimum atomic E-state index is -4.76. The Morgan fingerprint density at radius 1 is 1.08 bits per heavy atom. The van der Waals surface area contributed by atoms with E-state index in [0.717, 1.165) is 10.7 Å². The Morgan fingerprint density at radius 3 is 2.34 bits per heavy atom. The van der Waals surface area contributed by atoms with Gasteiger partial charge in [0.1, 0.15) is 17.2 Å². The van der Waals surface area contributed by atoms with E-state index in [0.29, 0.717) is 47.0 Å². The highest BCUT2D eigenvalue weighted by molar-refractivity contribution is 5.75. The first-order valence-electron chi connectivity index (χ1n) is 12.0.